The molecule has 1 aromatic carbocycles. The zero-order valence-corrected chi connectivity index (χ0v) is 10.3. The van der Waals surface area contributed by atoms with Crippen molar-refractivity contribution in [2.24, 2.45) is 5.92 Å². The molecular weight excluding hydrogens is 266 g/mol. The fourth-order valence-corrected chi connectivity index (χ4v) is 1.39. The third-order valence-electron chi connectivity index (χ3n) is 2.82. The van der Waals surface area contributed by atoms with E-state index in [-0.39, 0.29) is 5.69 Å². The molecule has 0 amide bonds. The summed E-state index contributed by atoms with van der Waals surface area (Å²) in [5.41, 5.74) is -1.25. The van der Waals surface area contributed by atoms with Gasteiger partial charge in [0.1, 0.15) is 5.82 Å². The number of halogens is 4. The van der Waals surface area contributed by atoms with Gasteiger partial charge in [0.2, 0.25) is 0 Å². The number of nitrogens with one attached hydrogen (secondary N) is 1. The maximum atomic E-state index is 13.5. The van der Waals surface area contributed by atoms with Crippen molar-refractivity contribution in [3.05, 3.63) is 29.6 Å². The first-order valence-corrected chi connectivity index (χ1v) is 5.49. The minimum absolute atomic E-state index is 0.159. The number of carboxylic acid groups (broad SMARTS) is 1. The summed E-state index contributed by atoms with van der Waals surface area (Å²) >= 11 is 0. The minimum atomic E-state index is -4.61. The van der Waals surface area contributed by atoms with Crippen molar-refractivity contribution in [1.82, 2.24) is 0 Å². The molecule has 2 atom stereocenters. The largest absolute Gasteiger partial charge is 0.481 e. The molecule has 0 bridgehead atoms. The number of rotatable bonds is 4. The lowest BCUT2D eigenvalue weighted by atomic mass is 10.0. The van der Waals surface area contributed by atoms with Crippen LogP contribution in [-0.2, 0) is 11.0 Å². The van der Waals surface area contributed by atoms with Crippen LogP contribution in [0.1, 0.15) is 19.4 Å². The first kappa shape index (κ1) is 15.3. The van der Waals surface area contributed by atoms with E-state index in [0.29, 0.717) is 6.07 Å². The zero-order chi connectivity index (χ0) is 14.8. The molecule has 0 aliphatic heterocycles. The Morgan fingerprint density at radius 1 is 1.32 bits per heavy atom. The van der Waals surface area contributed by atoms with Gasteiger partial charge >= 0.3 is 12.1 Å². The maximum Gasteiger partial charge on any atom is 0.416 e. The number of alkyl halides is 3. The number of benzene rings is 1. The van der Waals surface area contributed by atoms with E-state index in [2.05, 4.69) is 5.32 Å². The van der Waals surface area contributed by atoms with Crippen molar-refractivity contribution in [1.29, 1.82) is 0 Å². The van der Waals surface area contributed by atoms with E-state index in [4.69, 9.17) is 5.11 Å². The molecule has 0 fully saturated rings. The highest BCUT2D eigenvalue weighted by Crippen LogP contribution is 2.31. The van der Waals surface area contributed by atoms with Crippen LogP contribution in [0.15, 0.2) is 18.2 Å². The lowest BCUT2D eigenvalue weighted by Crippen LogP contribution is -2.30. The summed E-state index contributed by atoms with van der Waals surface area (Å²) in [5, 5.41) is 11.3. The van der Waals surface area contributed by atoms with Crippen LogP contribution in [0.4, 0.5) is 23.2 Å². The van der Waals surface area contributed by atoms with E-state index < -0.39 is 35.5 Å². The minimum Gasteiger partial charge on any atom is -0.481 e. The molecule has 2 N–H and O–H groups in total. The van der Waals surface area contributed by atoms with Crippen LogP contribution in [0.25, 0.3) is 0 Å². The molecule has 0 aromatic heterocycles. The SMILES string of the molecule is CC(Nc1ccc(C(F)(F)F)cc1F)C(C)C(=O)O. The van der Waals surface area contributed by atoms with Crippen LogP contribution in [0.5, 0.6) is 0 Å². The van der Waals surface area contributed by atoms with Crippen LogP contribution in [0.3, 0.4) is 0 Å². The normalized spacial score (nSPS) is 14.8. The second-order valence-corrected chi connectivity index (χ2v) is 4.25. The summed E-state index contributed by atoms with van der Waals surface area (Å²) in [4.78, 5) is 10.7. The highest BCUT2D eigenvalue weighted by Gasteiger charge is 2.31. The Morgan fingerprint density at radius 3 is 2.32 bits per heavy atom. The predicted molar refractivity (Wildman–Crippen MR) is 61.3 cm³/mol. The van der Waals surface area contributed by atoms with E-state index >= 15 is 0 Å². The Kier molecular flexibility index (Phi) is 4.39. The summed E-state index contributed by atoms with van der Waals surface area (Å²) in [6.07, 6.45) is -4.61. The topological polar surface area (TPSA) is 49.3 Å². The molecule has 3 nitrogen and oxygen atoms in total. The second kappa shape index (κ2) is 5.46. The highest BCUT2D eigenvalue weighted by molar-refractivity contribution is 5.71. The zero-order valence-electron chi connectivity index (χ0n) is 10.3. The van der Waals surface area contributed by atoms with Gasteiger partial charge in [-0.1, -0.05) is 0 Å². The smallest absolute Gasteiger partial charge is 0.416 e. The molecule has 0 aliphatic rings. The average molecular weight is 279 g/mol. The van der Waals surface area contributed by atoms with Gasteiger partial charge in [-0.25, -0.2) is 4.39 Å². The van der Waals surface area contributed by atoms with Gasteiger partial charge in [-0.2, -0.15) is 13.2 Å². The molecule has 0 aliphatic carbocycles. The van der Waals surface area contributed by atoms with Gasteiger partial charge in [-0.15, -0.1) is 0 Å². The fraction of sp³-hybridized carbons (Fsp3) is 0.417. The molecule has 2 unspecified atom stereocenters. The van der Waals surface area contributed by atoms with Gasteiger partial charge in [0, 0.05) is 6.04 Å². The van der Waals surface area contributed by atoms with Crippen LogP contribution in [0.2, 0.25) is 0 Å². The quantitative estimate of drug-likeness (QED) is 0.831. The van der Waals surface area contributed by atoms with Crippen molar-refractivity contribution in [3.63, 3.8) is 0 Å². The maximum absolute atomic E-state index is 13.5. The van der Waals surface area contributed by atoms with Crippen LogP contribution < -0.4 is 5.32 Å². The molecule has 7 heteroatoms. The molecule has 19 heavy (non-hydrogen) atoms. The number of anilines is 1. The number of aliphatic carboxylic acids is 1. The van der Waals surface area contributed by atoms with Crippen molar-refractivity contribution < 1.29 is 27.5 Å². The molecular formula is C12H13F4NO2. The van der Waals surface area contributed by atoms with Crippen LogP contribution in [-0.4, -0.2) is 17.1 Å². The van der Waals surface area contributed by atoms with Crippen molar-refractivity contribution in [3.8, 4) is 0 Å². The Hall–Kier alpha value is -1.79. The lowest BCUT2D eigenvalue weighted by molar-refractivity contribution is -0.141. The van der Waals surface area contributed by atoms with Gasteiger partial charge in [-0.05, 0) is 32.0 Å². The standard InChI is InChI=1S/C12H13F4NO2/c1-6(11(18)19)7(2)17-10-4-3-8(5-9(10)13)12(14,15)16/h3-7,17H,1-2H3,(H,18,19). The summed E-state index contributed by atoms with van der Waals surface area (Å²) < 4.78 is 50.5. The van der Waals surface area contributed by atoms with E-state index in [1.165, 1.54) is 13.8 Å². The summed E-state index contributed by atoms with van der Waals surface area (Å²) in [7, 11) is 0. The molecule has 0 radical (unpaired) electrons. The molecule has 0 spiro atoms. The Bertz CT molecular complexity index is 473. The van der Waals surface area contributed by atoms with Crippen molar-refractivity contribution in [2.75, 3.05) is 5.32 Å². The van der Waals surface area contributed by atoms with Gasteiger partial charge in [0.05, 0.1) is 17.2 Å². The van der Waals surface area contributed by atoms with Gasteiger partial charge in [0.25, 0.3) is 0 Å². The van der Waals surface area contributed by atoms with Crippen molar-refractivity contribution >= 4 is 11.7 Å². The molecule has 106 valence electrons. The van der Waals surface area contributed by atoms with E-state index in [1.54, 1.807) is 0 Å². The summed E-state index contributed by atoms with van der Waals surface area (Å²) in [6.45, 7) is 2.93. The molecule has 0 saturated carbocycles. The van der Waals surface area contributed by atoms with E-state index in [0.717, 1.165) is 12.1 Å². The van der Waals surface area contributed by atoms with E-state index in [1.807, 2.05) is 0 Å². The monoisotopic (exact) mass is 279 g/mol. The average Bonchev–Trinajstić information content (AvgIpc) is 2.29. The van der Waals surface area contributed by atoms with Crippen molar-refractivity contribution in [2.45, 2.75) is 26.1 Å². The molecule has 1 aromatic rings. The van der Waals surface area contributed by atoms with Gasteiger partial charge < -0.3 is 10.4 Å². The molecule has 0 saturated heterocycles. The third kappa shape index (κ3) is 3.84. The third-order valence-corrected chi connectivity index (χ3v) is 2.82. The predicted octanol–water partition coefficient (Wildman–Crippen LogP) is 3.37. The first-order chi connectivity index (χ1) is 8.62. The highest BCUT2D eigenvalue weighted by atomic mass is 19.4. The first-order valence-electron chi connectivity index (χ1n) is 5.49. The number of hydrogen-bond acceptors (Lipinski definition) is 2. The van der Waals surface area contributed by atoms with Crippen LogP contribution in [0, 0.1) is 11.7 Å². The second-order valence-electron chi connectivity index (χ2n) is 4.25. The number of hydrogen-bond donors (Lipinski definition) is 2. The molecule has 1 rings (SSSR count). The molecule has 0 heterocycles. The Morgan fingerprint density at radius 2 is 1.89 bits per heavy atom. The lowest BCUT2D eigenvalue weighted by Gasteiger charge is -2.20. The fourth-order valence-electron chi connectivity index (χ4n) is 1.39. The van der Waals surface area contributed by atoms with Gasteiger partial charge in [0.15, 0.2) is 0 Å². The van der Waals surface area contributed by atoms with Crippen LogP contribution >= 0.6 is 0 Å². The summed E-state index contributed by atoms with van der Waals surface area (Å²) in [5.74, 6) is -2.95. The summed E-state index contributed by atoms with van der Waals surface area (Å²) in [6, 6.07) is 1.44. The van der Waals surface area contributed by atoms with Gasteiger partial charge in [-0.3, -0.25) is 4.79 Å². The Labute approximate surface area is 107 Å². The number of carboxylic acids is 1. The number of carbonyl (C=O) groups is 1. The Balaban J connectivity index is 2.89. The van der Waals surface area contributed by atoms with E-state index in [9.17, 15) is 22.4 Å².